The minimum absolute atomic E-state index is 0.0510. The summed E-state index contributed by atoms with van der Waals surface area (Å²) in [5, 5.41) is 8.91. The number of aromatic nitrogens is 3. The highest BCUT2D eigenvalue weighted by molar-refractivity contribution is 7.99. The van der Waals surface area contributed by atoms with Crippen molar-refractivity contribution in [1.29, 1.82) is 0 Å². The molecule has 1 N–H and O–H groups in total. The third kappa shape index (κ3) is 4.00. The summed E-state index contributed by atoms with van der Waals surface area (Å²) in [6.07, 6.45) is 0.743. The fraction of sp³-hybridized carbons (Fsp3) is 0.188. The lowest BCUT2D eigenvalue weighted by Crippen LogP contribution is -2.19. The van der Waals surface area contributed by atoms with Gasteiger partial charge in [-0.3, -0.25) is 9.36 Å². The van der Waals surface area contributed by atoms with Gasteiger partial charge in [0.25, 0.3) is 0 Å². The lowest BCUT2D eigenvalue weighted by atomic mass is 10.1. The molecule has 0 bridgehead atoms. The van der Waals surface area contributed by atoms with Crippen molar-refractivity contribution in [2.24, 2.45) is 0 Å². The summed E-state index contributed by atoms with van der Waals surface area (Å²) in [5.74, 6) is 0.325. The van der Waals surface area contributed by atoms with Crippen molar-refractivity contribution in [3.05, 3.63) is 68.8 Å². The molecule has 1 aromatic carbocycles. The van der Waals surface area contributed by atoms with Crippen LogP contribution < -0.4 is 5.69 Å². The second-order valence-electron chi connectivity index (χ2n) is 4.89. The van der Waals surface area contributed by atoms with Gasteiger partial charge in [0.1, 0.15) is 0 Å². The molecule has 0 aliphatic rings. The number of nitrogens with zero attached hydrogens (tertiary/aromatic N) is 2. The topological polar surface area (TPSA) is 67.8 Å². The number of aromatic amines is 1. The summed E-state index contributed by atoms with van der Waals surface area (Å²) >= 11 is 2.71. The zero-order valence-corrected chi connectivity index (χ0v) is 13.9. The van der Waals surface area contributed by atoms with Crippen molar-refractivity contribution < 1.29 is 4.79 Å². The lowest BCUT2D eigenvalue weighted by Gasteiger charge is -2.05. The first-order chi connectivity index (χ1) is 11.2. The predicted molar refractivity (Wildman–Crippen MR) is 92.4 cm³/mol. The molecule has 118 valence electrons. The number of carbonyl (C=O) groups is 1. The van der Waals surface area contributed by atoms with Crippen LogP contribution in [0.4, 0.5) is 0 Å². The van der Waals surface area contributed by atoms with Gasteiger partial charge in [0.05, 0.1) is 10.6 Å². The maximum atomic E-state index is 12.0. The second kappa shape index (κ2) is 7.43. The molecular formula is C16H15N3O2S2. The van der Waals surface area contributed by atoms with Gasteiger partial charge in [-0.1, -0.05) is 48.2 Å². The summed E-state index contributed by atoms with van der Waals surface area (Å²) in [5.41, 5.74) is 0.915. The molecule has 2 heterocycles. The van der Waals surface area contributed by atoms with Gasteiger partial charge in [-0.25, -0.2) is 9.89 Å². The predicted octanol–water partition coefficient (Wildman–Crippen LogP) is 2.85. The van der Waals surface area contributed by atoms with Crippen molar-refractivity contribution in [2.75, 3.05) is 5.75 Å². The number of H-pyrrole nitrogens is 1. The quantitative estimate of drug-likeness (QED) is 0.528. The molecular weight excluding hydrogens is 330 g/mol. The molecule has 3 aromatic rings. The second-order valence-corrected chi connectivity index (χ2v) is 6.78. The van der Waals surface area contributed by atoms with Gasteiger partial charge >= 0.3 is 5.69 Å². The average molecular weight is 345 g/mol. The van der Waals surface area contributed by atoms with Crippen LogP contribution in [0.2, 0.25) is 0 Å². The van der Waals surface area contributed by atoms with Gasteiger partial charge in [-0.05, 0) is 23.4 Å². The van der Waals surface area contributed by atoms with Gasteiger partial charge < -0.3 is 0 Å². The van der Waals surface area contributed by atoms with Gasteiger partial charge in [0.2, 0.25) is 0 Å². The molecule has 0 aliphatic heterocycles. The summed E-state index contributed by atoms with van der Waals surface area (Å²) in [6, 6.07) is 13.6. The third-order valence-electron chi connectivity index (χ3n) is 3.32. The Morgan fingerprint density at radius 3 is 2.78 bits per heavy atom. The monoisotopic (exact) mass is 345 g/mol. The van der Waals surface area contributed by atoms with Crippen molar-refractivity contribution in [1.82, 2.24) is 14.8 Å². The lowest BCUT2D eigenvalue weighted by molar-refractivity contribution is 0.102. The normalized spacial score (nSPS) is 10.8. The highest BCUT2D eigenvalue weighted by Gasteiger charge is 2.13. The number of aryl methyl sites for hydroxylation is 1. The van der Waals surface area contributed by atoms with Gasteiger partial charge in [0.15, 0.2) is 10.9 Å². The summed E-state index contributed by atoms with van der Waals surface area (Å²) < 4.78 is 1.58. The van der Waals surface area contributed by atoms with E-state index in [1.807, 2.05) is 41.8 Å². The number of benzene rings is 1. The number of thioether (sulfide) groups is 1. The van der Waals surface area contributed by atoms with Crippen LogP contribution in [0.15, 0.2) is 57.8 Å². The zero-order valence-electron chi connectivity index (χ0n) is 12.3. The molecule has 0 aliphatic carbocycles. The summed E-state index contributed by atoms with van der Waals surface area (Å²) in [4.78, 5) is 24.7. The number of nitrogens with one attached hydrogen (secondary N) is 1. The highest BCUT2D eigenvalue weighted by atomic mass is 32.2. The van der Waals surface area contributed by atoms with E-state index in [1.54, 1.807) is 10.6 Å². The van der Waals surface area contributed by atoms with Crippen LogP contribution in [0.3, 0.4) is 0 Å². The molecule has 0 spiro atoms. The number of rotatable bonds is 7. The summed E-state index contributed by atoms with van der Waals surface area (Å²) in [6.45, 7) is 0.537. The summed E-state index contributed by atoms with van der Waals surface area (Å²) in [7, 11) is 0. The van der Waals surface area contributed by atoms with Crippen molar-refractivity contribution in [3.63, 3.8) is 0 Å². The van der Waals surface area contributed by atoms with E-state index in [0.29, 0.717) is 11.7 Å². The Morgan fingerprint density at radius 1 is 1.22 bits per heavy atom. The molecule has 0 fully saturated rings. The molecule has 0 radical (unpaired) electrons. The first-order valence-corrected chi connectivity index (χ1v) is 8.99. The Bertz CT molecular complexity index is 823. The Labute approximate surface area is 141 Å². The molecule has 2 aromatic heterocycles. The zero-order chi connectivity index (χ0) is 16.1. The Hall–Kier alpha value is -2.12. The highest BCUT2D eigenvalue weighted by Crippen LogP contribution is 2.18. The van der Waals surface area contributed by atoms with Crippen LogP contribution >= 0.6 is 23.1 Å². The molecule has 0 atom stereocenters. The molecule has 0 saturated heterocycles. The fourth-order valence-electron chi connectivity index (χ4n) is 2.13. The minimum atomic E-state index is -0.244. The van der Waals surface area contributed by atoms with Crippen LogP contribution in [-0.2, 0) is 13.0 Å². The number of Topliss-reactive ketones (excluding diaryl/α,β-unsaturated/α-hetero) is 1. The largest absolute Gasteiger partial charge is 0.343 e. The molecule has 23 heavy (non-hydrogen) atoms. The molecule has 0 unspecified atom stereocenters. The van der Waals surface area contributed by atoms with E-state index in [9.17, 15) is 9.59 Å². The smallest absolute Gasteiger partial charge is 0.292 e. The van der Waals surface area contributed by atoms with E-state index in [0.717, 1.165) is 16.9 Å². The first kappa shape index (κ1) is 15.8. The van der Waals surface area contributed by atoms with Crippen LogP contribution in [0.1, 0.15) is 15.2 Å². The van der Waals surface area contributed by atoms with E-state index >= 15 is 0 Å². The number of carbonyl (C=O) groups excluding carboxylic acids is 1. The first-order valence-electron chi connectivity index (χ1n) is 7.12. The maximum absolute atomic E-state index is 12.0. The average Bonchev–Trinajstić information content (AvgIpc) is 3.22. The Morgan fingerprint density at radius 2 is 2.04 bits per heavy atom. The Kier molecular flexibility index (Phi) is 5.09. The molecule has 0 amide bonds. The number of thiophene rings is 1. The standard InChI is InChI=1S/C16H15N3O2S2/c20-13(14-7-4-10-22-14)11-23-16-18-17-15(21)19(16)9-8-12-5-2-1-3-6-12/h1-7,10H,8-9,11H2,(H,17,21). The van der Waals surface area contributed by atoms with Crippen LogP contribution in [0, 0.1) is 0 Å². The Balaban J connectivity index is 1.64. The van der Waals surface area contributed by atoms with Crippen LogP contribution in [0.25, 0.3) is 0 Å². The van der Waals surface area contributed by atoms with E-state index in [2.05, 4.69) is 10.2 Å². The van der Waals surface area contributed by atoms with Crippen LogP contribution in [0.5, 0.6) is 0 Å². The van der Waals surface area contributed by atoms with Crippen LogP contribution in [-0.4, -0.2) is 26.3 Å². The number of hydrogen-bond donors (Lipinski definition) is 1. The van der Waals surface area contributed by atoms with Crippen molar-refractivity contribution in [3.8, 4) is 0 Å². The third-order valence-corrected chi connectivity index (χ3v) is 5.21. The van der Waals surface area contributed by atoms with E-state index in [4.69, 9.17) is 0 Å². The SMILES string of the molecule is O=C(CSc1n[nH]c(=O)n1CCc1ccccc1)c1cccs1. The van der Waals surface area contributed by atoms with Crippen molar-refractivity contribution >= 4 is 28.9 Å². The number of hydrogen-bond acceptors (Lipinski definition) is 5. The fourth-order valence-corrected chi connectivity index (χ4v) is 3.75. The molecule has 5 nitrogen and oxygen atoms in total. The van der Waals surface area contributed by atoms with Crippen molar-refractivity contribution in [2.45, 2.75) is 18.1 Å². The van der Waals surface area contributed by atoms with E-state index < -0.39 is 0 Å². The van der Waals surface area contributed by atoms with Gasteiger partial charge in [-0.15, -0.1) is 16.4 Å². The molecule has 0 saturated carbocycles. The van der Waals surface area contributed by atoms with E-state index in [-0.39, 0.29) is 17.2 Å². The molecule has 7 heteroatoms. The maximum Gasteiger partial charge on any atom is 0.343 e. The van der Waals surface area contributed by atoms with Gasteiger partial charge in [-0.2, -0.15) is 0 Å². The van der Waals surface area contributed by atoms with E-state index in [1.165, 1.54) is 23.1 Å². The van der Waals surface area contributed by atoms with Gasteiger partial charge in [0, 0.05) is 6.54 Å². The minimum Gasteiger partial charge on any atom is -0.292 e. The molecule has 3 rings (SSSR count). The number of ketones is 1.